The van der Waals surface area contributed by atoms with Crippen molar-refractivity contribution in [3.8, 4) is 5.75 Å². The van der Waals surface area contributed by atoms with Gasteiger partial charge in [-0.3, -0.25) is 4.79 Å². The molecule has 2 aromatic carbocycles. The van der Waals surface area contributed by atoms with Crippen LogP contribution in [0.3, 0.4) is 0 Å². The summed E-state index contributed by atoms with van der Waals surface area (Å²) < 4.78 is 5.84. The third-order valence-electron chi connectivity index (χ3n) is 5.08. The SMILES string of the molecule is Cc1cc(O[C@H](C)C(=O)N2CCC(Cc3ccccc3)CC2)ccc1Cl. The molecule has 26 heavy (non-hydrogen) atoms. The van der Waals surface area contributed by atoms with E-state index in [2.05, 4.69) is 24.3 Å². The van der Waals surface area contributed by atoms with Crippen LogP contribution in [0.4, 0.5) is 0 Å². The monoisotopic (exact) mass is 371 g/mol. The first-order chi connectivity index (χ1) is 12.5. The number of likely N-dealkylation sites (tertiary alicyclic amines) is 1. The van der Waals surface area contributed by atoms with Gasteiger partial charge in [-0.1, -0.05) is 41.9 Å². The molecule has 0 aliphatic carbocycles. The number of rotatable bonds is 5. The molecule has 1 heterocycles. The molecule has 1 amide bonds. The Morgan fingerprint density at radius 1 is 1.19 bits per heavy atom. The van der Waals surface area contributed by atoms with Gasteiger partial charge in [-0.15, -0.1) is 0 Å². The Morgan fingerprint density at radius 2 is 1.88 bits per heavy atom. The maximum atomic E-state index is 12.7. The fourth-order valence-corrected chi connectivity index (χ4v) is 3.62. The van der Waals surface area contributed by atoms with Gasteiger partial charge in [0.1, 0.15) is 5.75 Å². The molecule has 1 aliphatic heterocycles. The van der Waals surface area contributed by atoms with Crippen molar-refractivity contribution >= 4 is 17.5 Å². The number of amides is 1. The molecule has 3 rings (SSSR count). The van der Waals surface area contributed by atoms with Gasteiger partial charge in [0.2, 0.25) is 0 Å². The molecule has 1 atom stereocenters. The second kappa shape index (κ2) is 8.59. The van der Waals surface area contributed by atoms with Crippen molar-refractivity contribution in [2.24, 2.45) is 5.92 Å². The molecule has 0 N–H and O–H groups in total. The number of nitrogens with zero attached hydrogens (tertiary/aromatic N) is 1. The first-order valence-corrected chi connectivity index (χ1v) is 9.66. The van der Waals surface area contributed by atoms with Crippen LogP contribution in [0, 0.1) is 12.8 Å². The van der Waals surface area contributed by atoms with Gasteiger partial charge in [0.05, 0.1) is 0 Å². The highest BCUT2D eigenvalue weighted by atomic mass is 35.5. The summed E-state index contributed by atoms with van der Waals surface area (Å²) in [6, 6.07) is 16.1. The fourth-order valence-electron chi connectivity index (χ4n) is 3.51. The van der Waals surface area contributed by atoms with E-state index in [1.54, 1.807) is 6.07 Å². The summed E-state index contributed by atoms with van der Waals surface area (Å²) in [5.74, 6) is 1.40. The van der Waals surface area contributed by atoms with E-state index in [0.29, 0.717) is 16.7 Å². The van der Waals surface area contributed by atoms with E-state index in [-0.39, 0.29) is 5.91 Å². The van der Waals surface area contributed by atoms with Crippen molar-refractivity contribution < 1.29 is 9.53 Å². The minimum absolute atomic E-state index is 0.0655. The van der Waals surface area contributed by atoms with E-state index in [4.69, 9.17) is 16.3 Å². The number of halogens is 1. The van der Waals surface area contributed by atoms with Crippen molar-refractivity contribution in [2.45, 2.75) is 39.2 Å². The van der Waals surface area contributed by atoms with E-state index < -0.39 is 6.10 Å². The summed E-state index contributed by atoms with van der Waals surface area (Å²) in [7, 11) is 0. The van der Waals surface area contributed by atoms with E-state index >= 15 is 0 Å². The Bertz CT molecular complexity index is 739. The third kappa shape index (κ3) is 4.79. The van der Waals surface area contributed by atoms with Gasteiger partial charge in [0, 0.05) is 18.1 Å². The lowest BCUT2D eigenvalue weighted by atomic mass is 9.90. The lowest BCUT2D eigenvalue weighted by Crippen LogP contribution is -2.45. The van der Waals surface area contributed by atoms with Crippen molar-refractivity contribution in [2.75, 3.05) is 13.1 Å². The van der Waals surface area contributed by atoms with E-state index in [9.17, 15) is 4.79 Å². The molecule has 0 bridgehead atoms. The summed E-state index contributed by atoms with van der Waals surface area (Å²) in [6.07, 6.45) is 2.71. The highest BCUT2D eigenvalue weighted by Crippen LogP contribution is 2.24. The van der Waals surface area contributed by atoms with Gasteiger partial charge in [0.25, 0.3) is 5.91 Å². The summed E-state index contributed by atoms with van der Waals surface area (Å²) in [5, 5.41) is 0.705. The van der Waals surface area contributed by atoms with Gasteiger partial charge in [0.15, 0.2) is 6.10 Å². The maximum absolute atomic E-state index is 12.7. The van der Waals surface area contributed by atoms with Gasteiger partial charge in [-0.05, 0) is 68.4 Å². The summed E-state index contributed by atoms with van der Waals surface area (Å²) in [4.78, 5) is 14.6. The van der Waals surface area contributed by atoms with E-state index in [1.165, 1.54) is 5.56 Å². The minimum Gasteiger partial charge on any atom is -0.481 e. The van der Waals surface area contributed by atoms with Gasteiger partial charge < -0.3 is 9.64 Å². The molecule has 0 spiro atoms. The Balaban J connectivity index is 1.50. The second-order valence-corrected chi connectivity index (χ2v) is 7.54. The zero-order chi connectivity index (χ0) is 18.5. The number of piperidine rings is 1. The van der Waals surface area contributed by atoms with E-state index in [0.717, 1.165) is 37.9 Å². The van der Waals surface area contributed by atoms with Crippen LogP contribution < -0.4 is 4.74 Å². The van der Waals surface area contributed by atoms with E-state index in [1.807, 2.05) is 36.9 Å². The maximum Gasteiger partial charge on any atom is 0.263 e. The number of ether oxygens (including phenoxy) is 1. The molecule has 3 nitrogen and oxygen atoms in total. The molecule has 2 aromatic rings. The summed E-state index contributed by atoms with van der Waals surface area (Å²) in [5.41, 5.74) is 2.33. The Labute approximate surface area is 160 Å². The highest BCUT2D eigenvalue weighted by Gasteiger charge is 2.27. The third-order valence-corrected chi connectivity index (χ3v) is 5.51. The number of carbonyl (C=O) groups is 1. The fraction of sp³-hybridized carbons (Fsp3) is 0.409. The summed E-state index contributed by atoms with van der Waals surface area (Å²) >= 11 is 6.04. The molecule has 0 unspecified atom stereocenters. The molecular weight excluding hydrogens is 346 g/mol. The Morgan fingerprint density at radius 3 is 2.54 bits per heavy atom. The molecule has 0 radical (unpaired) electrons. The van der Waals surface area contributed by atoms with Gasteiger partial charge in [-0.2, -0.15) is 0 Å². The van der Waals surface area contributed by atoms with Crippen molar-refractivity contribution in [3.63, 3.8) is 0 Å². The van der Waals surface area contributed by atoms with Crippen LogP contribution in [0.25, 0.3) is 0 Å². The quantitative estimate of drug-likeness (QED) is 0.748. The zero-order valence-electron chi connectivity index (χ0n) is 15.5. The molecular formula is C22H26ClNO2. The van der Waals surface area contributed by atoms with Crippen LogP contribution in [0.15, 0.2) is 48.5 Å². The smallest absolute Gasteiger partial charge is 0.263 e. The largest absolute Gasteiger partial charge is 0.481 e. The second-order valence-electron chi connectivity index (χ2n) is 7.13. The molecule has 4 heteroatoms. The van der Waals surface area contributed by atoms with Gasteiger partial charge >= 0.3 is 0 Å². The zero-order valence-corrected chi connectivity index (χ0v) is 16.2. The Kier molecular flexibility index (Phi) is 6.20. The number of benzene rings is 2. The normalized spacial score (nSPS) is 16.3. The topological polar surface area (TPSA) is 29.5 Å². The standard InChI is InChI=1S/C22H26ClNO2/c1-16-14-20(8-9-21(16)23)26-17(2)22(25)24-12-10-19(11-13-24)15-18-6-4-3-5-7-18/h3-9,14,17,19H,10-13,15H2,1-2H3/t17-/m1/s1. The van der Waals surface area contributed by atoms with Crippen LogP contribution in [-0.4, -0.2) is 30.0 Å². The Hall–Kier alpha value is -2.00. The first kappa shape index (κ1) is 18.8. The van der Waals surface area contributed by atoms with Crippen LogP contribution in [0.2, 0.25) is 5.02 Å². The lowest BCUT2D eigenvalue weighted by Gasteiger charge is -2.33. The van der Waals surface area contributed by atoms with Crippen LogP contribution in [0.5, 0.6) is 5.75 Å². The molecule has 1 saturated heterocycles. The number of hydrogen-bond acceptors (Lipinski definition) is 2. The predicted octanol–water partition coefficient (Wildman–Crippen LogP) is 4.90. The molecule has 0 saturated carbocycles. The van der Waals surface area contributed by atoms with Crippen LogP contribution >= 0.6 is 11.6 Å². The highest BCUT2D eigenvalue weighted by molar-refractivity contribution is 6.31. The van der Waals surface area contributed by atoms with Crippen LogP contribution in [-0.2, 0) is 11.2 Å². The van der Waals surface area contributed by atoms with Crippen LogP contribution in [0.1, 0.15) is 30.9 Å². The van der Waals surface area contributed by atoms with Crippen molar-refractivity contribution in [1.29, 1.82) is 0 Å². The number of hydrogen-bond donors (Lipinski definition) is 0. The van der Waals surface area contributed by atoms with Crippen molar-refractivity contribution in [3.05, 3.63) is 64.7 Å². The predicted molar refractivity (Wildman–Crippen MR) is 106 cm³/mol. The number of carbonyl (C=O) groups excluding carboxylic acids is 1. The number of aryl methyl sites for hydroxylation is 1. The first-order valence-electron chi connectivity index (χ1n) is 9.28. The molecule has 138 valence electrons. The minimum atomic E-state index is -0.485. The van der Waals surface area contributed by atoms with Gasteiger partial charge in [-0.25, -0.2) is 0 Å². The average Bonchev–Trinajstić information content (AvgIpc) is 2.65. The summed E-state index contributed by atoms with van der Waals surface area (Å²) in [6.45, 7) is 5.37. The molecule has 1 fully saturated rings. The molecule has 1 aliphatic rings. The molecule has 0 aromatic heterocycles. The lowest BCUT2D eigenvalue weighted by molar-refractivity contribution is -0.139. The van der Waals surface area contributed by atoms with Crippen molar-refractivity contribution in [1.82, 2.24) is 4.90 Å². The average molecular weight is 372 g/mol.